The van der Waals surface area contributed by atoms with Gasteiger partial charge in [0.2, 0.25) is 0 Å². The number of hydrogen-bond acceptors (Lipinski definition) is 2. The maximum Gasteiger partial charge on any atom is 0.0560 e. The van der Waals surface area contributed by atoms with E-state index in [-0.39, 0.29) is 9.52 Å². The molecule has 2 nitrogen and oxygen atoms in total. The average Bonchev–Trinajstić information content (AvgIpc) is 2.25. The maximum absolute atomic E-state index is 3.38. The first-order chi connectivity index (χ1) is 6.93. The molecule has 0 unspecified atom stereocenters. The Morgan fingerprint density at radius 1 is 1.14 bits per heavy atom. The van der Waals surface area contributed by atoms with Gasteiger partial charge < -0.3 is 10.6 Å². The molecule has 0 spiro atoms. The molecule has 0 fully saturated rings. The van der Waals surface area contributed by atoms with E-state index in [0.717, 1.165) is 19.8 Å². The summed E-state index contributed by atoms with van der Waals surface area (Å²) in [5, 5.41) is 8.20. The number of rotatable bonds is 7. The van der Waals surface area contributed by atoms with Crippen LogP contribution in [0.2, 0.25) is 6.04 Å². The van der Waals surface area contributed by atoms with Crippen molar-refractivity contribution >= 4 is 14.7 Å². The number of benzene rings is 1. The van der Waals surface area contributed by atoms with Gasteiger partial charge in [0.25, 0.3) is 0 Å². The molecule has 0 aliphatic carbocycles. The minimum absolute atomic E-state index is 0.0359. The number of hydrogen-bond donors (Lipinski definition) is 2. The Labute approximate surface area is 88.9 Å². The number of nitrogens with one attached hydrogen (secondary N) is 2. The highest BCUT2D eigenvalue weighted by Crippen LogP contribution is 1.83. The minimum atomic E-state index is -0.0359. The standard InChI is InChI=1S/C11H20N2Si/c1-2-12-10-13-8-9-14-11-6-4-3-5-7-11/h3-7,12-13H,2,8-10,14H2,1H3. The average molecular weight is 208 g/mol. The molecule has 1 rings (SSSR count). The van der Waals surface area contributed by atoms with Crippen LogP contribution in [0.25, 0.3) is 0 Å². The van der Waals surface area contributed by atoms with Crippen LogP contribution in [-0.2, 0) is 0 Å². The van der Waals surface area contributed by atoms with E-state index in [1.165, 1.54) is 6.04 Å². The Morgan fingerprint density at radius 3 is 2.64 bits per heavy atom. The van der Waals surface area contributed by atoms with Crippen LogP contribution >= 0.6 is 0 Å². The molecule has 0 aliphatic heterocycles. The SMILES string of the molecule is CCNCNCC[SiH2]c1ccccc1. The van der Waals surface area contributed by atoms with Crippen molar-refractivity contribution in [1.29, 1.82) is 0 Å². The summed E-state index contributed by atoms with van der Waals surface area (Å²) in [6.45, 7) is 5.26. The summed E-state index contributed by atoms with van der Waals surface area (Å²) in [6.07, 6.45) is 0. The third-order valence-electron chi connectivity index (χ3n) is 2.16. The van der Waals surface area contributed by atoms with Crippen LogP contribution in [0.4, 0.5) is 0 Å². The van der Waals surface area contributed by atoms with Crippen molar-refractivity contribution in [2.75, 3.05) is 19.8 Å². The first-order valence-electron chi connectivity index (χ1n) is 5.39. The fourth-order valence-electron chi connectivity index (χ4n) is 1.36. The lowest BCUT2D eigenvalue weighted by Crippen LogP contribution is -2.30. The summed E-state index contributed by atoms with van der Waals surface area (Å²) in [5.41, 5.74) is 0. The molecule has 1 aromatic rings. The van der Waals surface area contributed by atoms with Crippen LogP contribution in [0, 0.1) is 0 Å². The van der Waals surface area contributed by atoms with Crippen molar-refractivity contribution in [3.63, 3.8) is 0 Å². The van der Waals surface area contributed by atoms with Crippen molar-refractivity contribution in [3.8, 4) is 0 Å². The first-order valence-corrected chi connectivity index (χ1v) is 7.09. The summed E-state index contributed by atoms with van der Waals surface area (Å²) in [4.78, 5) is 0. The molecule has 14 heavy (non-hydrogen) atoms. The van der Waals surface area contributed by atoms with E-state index in [1.54, 1.807) is 5.19 Å². The van der Waals surface area contributed by atoms with E-state index >= 15 is 0 Å². The largest absolute Gasteiger partial charge is 0.305 e. The lowest BCUT2D eigenvalue weighted by molar-refractivity contribution is 0.616. The Hall–Kier alpha value is -0.643. The Kier molecular flexibility index (Phi) is 6.31. The van der Waals surface area contributed by atoms with Gasteiger partial charge >= 0.3 is 0 Å². The minimum Gasteiger partial charge on any atom is -0.305 e. The van der Waals surface area contributed by atoms with Crippen molar-refractivity contribution in [1.82, 2.24) is 10.6 Å². The van der Waals surface area contributed by atoms with Gasteiger partial charge in [-0.1, -0.05) is 42.4 Å². The molecule has 0 atom stereocenters. The monoisotopic (exact) mass is 208 g/mol. The van der Waals surface area contributed by atoms with E-state index in [0.29, 0.717) is 0 Å². The summed E-state index contributed by atoms with van der Waals surface area (Å²) in [5.74, 6) is 0. The molecule has 0 amide bonds. The predicted octanol–water partition coefficient (Wildman–Crippen LogP) is 0.0556. The first kappa shape index (κ1) is 11.4. The molecule has 0 radical (unpaired) electrons. The molecule has 0 aliphatic rings. The van der Waals surface area contributed by atoms with Gasteiger partial charge in [0.15, 0.2) is 0 Å². The second-order valence-electron chi connectivity index (χ2n) is 3.37. The van der Waals surface area contributed by atoms with E-state index in [9.17, 15) is 0 Å². The maximum atomic E-state index is 3.38. The van der Waals surface area contributed by atoms with Gasteiger partial charge in [-0.3, -0.25) is 0 Å². The zero-order chi connectivity index (χ0) is 10.1. The highest BCUT2D eigenvalue weighted by Gasteiger charge is 1.91. The molecule has 1 aromatic carbocycles. The molecule has 2 N–H and O–H groups in total. The smallest absolute Gasteiger partial charge is 0.0560 e. The molecule has 0 heterocycles. The van der Waals surface area contributed by atoms with Crippen molar-refractivity contribution in [2.24, 2.45) is 0 Å². The molecule has 0 saturated carbocycles. The van der Waals surface area contributed by atoms with Crippen LogP contribution in [0.3, 0.4) is 0 Å². The summed E-state index contributed by atoms with van der Waals surface area (Å²) >= 11 is 0. The molecular weight excluding hydrogens is 188 g/mol. The molecule has 0 bridgehead atoms. The Morgan fingerprint density at radius 2 is 1.93 bits per heavy atom. The van der Waals surface area contributed by atoms with E-state index in [4.69, 9.17) is 0 Å². The van der Waals surface area contributed by atoms with Crippen molar-refractivity contribution < 1.29 is 0 Å². The zero-order valence-corrected chi connectivity index (χ0v) is 10.3. The third-order valence-corrected chi connectivity index (χ3v) is 3.92. The second-order valence-corrected chi connectivity index (χ2v) is 5.39. The lowest BCUT2D eigenvalue weighted by atomic mass is 10.4. The molecule has 0 saturated heterocycles. The molecular formula is C11H20N2Si. The topological polar surface area (TPSA) is 24.1 Å². The summed E-state index contributed by atoms with van der Waals surface area (Å²) < 4.78 is 0. The Balaban J connectivity index is 1.99. The van der Waals surface area contributed by atoms with E-state index in [1.807, 2.05) is 0 Å². The quantitative estimate of drug-likeness (QED) is 0.376. The predicted molar refractivity (Wildman–Crippen MR) is 66.0 cm³/mol. The summed E-state index contributed by atoms with van der Waals surface area (Å²) in [6, 6.07) is 12.2. The van der Waals surface area contributed by atoms with E-state index < -0.39 is 0 Å². The fourth-order valence-corrected chi connectivity index (χ4v) is 2.80. The van der Waals surface area contributed by atoms with Gasteiger partial charge in [-0.15, -0.1) is 0 Å². The van der Waals surface area contributed by atoms with Crippen molar-refractivity contribution in [3.05, 3.63) is 30.3 Å². The highest BCUT2D eigenvalue weighted by molar-refractivity contribution is 6.53. The van der Waals surface area contributed by atoms with E-state index in [2.05, 4.69) is 47.9 Å². The van der Waals surface area contributed by atoms with Gasteiger partial charge in [0.1, 0.15) is 0 Å². The second kappa shape index (κ2) is 7.73. The molecule has 78 valence electrons. The summed E-state index contributed by atoms with van der Waals surface area (Å²) in [7, 11) is -0.0359. The van der Waals surface area contributed by atoms with Crippen LogP contribution < -0.4 is 15.8 Å². The fraction of sp³-hybridized carbons (Fsp3) is 0.455. The molecule has 0 aromatic heterocycles. The third kappa shape index (κ3) is 5.17. The van der Waals surface area contributed by atoms with Crippen molar-refractivity contribution in [2.45, 2.75) is 13.0 Å². The van der Waals surface area contributed by atoms with Gasteiger partial charge in [-0.25, -0.2) is 0 Å². The normalized spacial score (nSPS) is 11.2. The highest BCUT2D eigenvalue weighted by atomic mass is 28.2. The van der Waals surface area contributed by atoms with Gasteiger partial charge in [-0.2, -0.15) is 0 Å². The lowest BCUT2D eigenvalue weighted by Gasteiger charge is -2.04. The molecule has 3 heteroatoms. The van der Waals surface area contributed by atoms with Crippen LogP contribution in [0.15, 0.2) is 30.3 Å². The Bertz CT molecular complexity index is 226. The zero-order valence-electron chi connectivity index (χ0n) is 8.92. The van der Waals surface area contributed by atoms with Gasteiger partial charge in [0, 0.05) is 6.67 Å². The van der Waals surface area contributed by atoms with Crippen LogP contribution in [0.5, 0.6) is 0 Å². The van der Waals surface area contributed by atoms with Gasteiger partial charge in [-0.05, 0) is 19.1 Å². The van der Waals surface area contributed by atoms with Gasteiger partial charge in [0.05, 0.1) is 9.52 Å². The van der Waals surface area contributed by atoms with Crippen LogP contribution in [-0.4, -0.2) is 29.3 Å². The van der Waals surface area contributed by atoms with Crippen LogP contribution in [0.1, 0.15) is 6.92 Å².